The lowest BCUT2D eigenvalue weighted by molar-refractivity contribution is -0.132. The number of Topliss-reactive ketones (excluding diaryl/α,β-unsaturated/α-hetero) is 1. The molecule has 0 saturated heterocycles. The van der Waals surface area contributed by atoms with Crippen LogP contribution in [0.2, 0.25) is 0 Å². The van der Waals surface area contributed by atoms with Crippen molar-refractivity contribution in [1.82, 2.24) is 0 Å². The summed E-state index contributed by atoms with van der Waals surface area (Å²) < 4.78 is 0. The molecule has 16 heavy (non-hydrogen) atoms. The summed E-state index contributed by atoms with van der Waals surface area (Å²) in [4.78, 5) is 22.2. The second-order valence-electron chi connectivity index (χ2n) is 2.90. The normalized spacial score (nSPS) is 11.2. The highest BCUT2D eigenvalue weighted by Gasteiger charge is 2.19. The number of carboxylic acids is 1. The number of nitrogens with zero attached hydrogens (tertiary/aromatic N) is 1. The van der Waals surface area contributed by atoms with Crippen LogP contribution in [0.3, 0.4) is 0 Å². The van der Waals surface area contributed by atoms with Crippen LogP contribution in [0.5, 0.6) is 0 Å². The van der Waals surface area contributed by atoms with Gasteiger partial charge in [-0.25, -0.2) is 4.79 Å². The highest BCUT2D eigenvalue weighted by molar-refractivity contribution is 6.14. The maximum Gasteiger partial charge on any atom is 0.353 e. The highest BCUT2D eigenvalue weighted by Crippen LogP contribution is 2.09. The van der Waals surface area contributed by atoms with Gasteiger partial charge in [0.15, 0.2) is 0 Å². The van der Waals surface area contributed by atoms with Crippen LogP contribution in [0, 0.1) is 11.3 Å². The van der Waals surface area contributed by atoms with Crippen molar-refractivity contribution in [3.8, 4) is 6.07 Å². The molecule has 0 bridgehead atoms. The summed E-state index contributed by atoms with van der Waals surface area (Å²) in [6, 6.07) is 9.39. The van der Waals surface area contributed by atoms with Gasteiger partial charge < -0.3 is 10.8 Å². The number of nitrogens with two attached hydrogens (primary N) is 1. The van der Waals surface area contributed by atoms with Crippen LogP contribution < -0.4 is 5.73 Å². The number of carboxylic acid groups (broad SMARTS) is 1. The Kier molecular flexibility index (Phi) is 3.41. The lowest BCUT2D eigenvalue weighted by Gasteiger charge is -2.00. The second-order valence-corrected chi connectivity index (χ2v) is 2.90. The maximum absolute atomic E-state index is 11.7. The first-order valence-corrected chi connectivity index (χ1v) is 4.30. The molecule has 0 unspecified atom stereocenters. The average molecular weight is 216 g/mol. The Morgan fingerprint density at radius 1 is 1.25 bits per heavy atom. The van der Waals surface area contributed by atoms with Crippen molar-refractivity contribution >= 4 is 11.8 Å². The van der Waals surface area contributed by atoms with Crippen LogP contribution in [0.1, 0.15) is 10.4 Å². The fraction of sp³-hybridized carbons (Fsp3) is 0. The van der Waals surface area contributed by atoms with Gasteiger partial charge in [0.1, 0.15) is 17.3 Å². The summed E-state index contributed by atoms with van der Waals surface area (Å²) in [6.07, 6.45) is 0. The number of carbonyl (C=O) groups is 2. The quantitative estimate of drug-likeness (QED) is 0.439. The van der Waals surface area contributed by atoms with Crippen LogP contribution in [-0.2, 0) is 4.79 Å². The number of carbonyl (C=O) groups excluding carboxylic acids is 1. The van der Waals surface area contributed by atoms with E-state index in [0.717, 1.165) is 0 Å². The van der Waals surface area contributed by atoms with E-state index in [1.54, 1.807) is 18.2 Å². The van der Waals surface area contributed by atoms with Gasteiger partial charge in [-0.15, -0.1) is 0 Å². The molecule has 0 fully saturated rings. The molecule has 0 spiro atoms. The summed E-state index contributed by atoms with van der Waals surface area (Å²) in [5, 5.41) is 17.3. The average Bonchev–Trinajstić information content (AvgIpc) is 2.30. The minimum absolute atomic E-state index is 0.225. The summed E-state index contributed by atoms with van der Waals surface area (Å²) in [5.74, 6) is -2.18. The maximum atomic E-state index is 11.7. The van der Waals surface area contributed by atoms with E-state index >= 15 is 0 Å². The molecule has 0 radical (unpaired) electrons. The van der Waals surface area contributed by atoms with E-state index in [0.29, 0.717) is 0 Å². The van der Waals surface area contributed by atoms with E-state index < -0.39 is 23.0 Å². The smallest absolute Gasteiger partial charge is 0.353 e. The number of hydrogen-bond acceptors (Lipinski definition) is 4. The molecule has 3 N–H and O–H groups in total. The molecular formula is C11H8N2O3. The van der Waals surface area contributed by atoms with Gasteiger partial charge in [-0.3, -0.25) is 4.79 Å². The molecule has 1 aromatic rings. The first kappa shape index (κ1) is 11.5. The number of aliphatic carboxylic acids is 1. The molecule has 0 atom stereocenters. The van der Waals surface area contributed by atoms with E-state index in [2.05, 4.69) is 0 Å². The van der Waals surface area contributed by atoms with E-state index in [4.69, 9.17) is 16.1 Å². The van der Waals surface area contributed by atoms with Crippen molar-refractivity contribution in [2.75, 3.05) is 0 Å². The Balaban J connectivity index is 3.21. The molecule has 5 heteroatoms. The van der Waals surface area contributed by atoms with Gasteiger partial charge in [-0.2, -0.15) is 5.26 Å². The number of rotatable bonds is 3. The Morgan fingerprint density at radius 2 is 1.81 bits per heavy atom. The predicted octanol–water partition coefficient (Wildman–Crippen LogP) is 0.690. The van der Waals surface area contributed by atoms with E-state index in [9.17, 15) is 9.59 Å². The zero-order valence-electron chi connectivity index (χ0n) is 8.18. The number of nitriles is 1. The largest absolute Gasteiger partial charge is 0.477 e. The minimum atomic E-state index is -1.49. The topological polar surface area (TPSA) is 104 Å². The van der Waals surface area contributed by atoms with Crippen molar-refractivity contribution < 1.29 is 14.7 Å². The fourth-order valence-electron chi connectivity index (χ4n) is 1.07. The standard InChI is InChI=1S/C11H8N2O3/c12-6-8(9(13)11(15)16)10(14)7-4-2-1-3-5-7/h1-5H,13H2,(H,15,16). The molecule has 0 aromatic heterocycles. The Bertz CT molecular complexity index is 498. The highest BCUT2D eigenvalue weighted by atomic mass is 16.4. The van der Waals surface area contributed by atoms with Gasteiger partial charge in [0, 0.05) is 5.56 Å². The third-order valence-corrected chi connectivity index (χ3v) is 1.87. The SMILES string of the molecule is N#CC(C(=O)c1ccccc1)=C(N)C(=O)O. The minimum Gasteiger partial charge on any atom is -0.477 e. The number of allylic oxidation sites excluding steroid dienone is 1. The van der Waals surface area contributed by atoms with Crippen molar-refractivity contribution in [1.29, 1.82) is 5.26 Å². The monoisotopic (exact) mass is 216 g/mol. The number of ketones is 1. The van der Waals surface area contributed by atoms with Gasteiger partial charge in [-0.05, 0) is 0 Å². The molecule has 0 heterocycles. The summed E-state index contributed by atoms with van der Waals surface area (Å²) in [5.41, 5.74) is 4.08. The van der Waals surface area contributed by atoms with Crippen molar-refractivity contribution in [2.24, 2.45) is 5.73 Å². The zero-order valence-corrected chi connectivity index (χ0v) is 8.18. The van der Waals surface area contributed by atoms with Crippen LogP contribution in [-0.4, -0.2) is 16.9 Å². The van der Waals surface area contributed by atoms with Gasteiger partial charge >= 0.3 is 5.97 Å². The predicted molar refractivity (Wildman–Crippen MR) is 55.2 cm³/mol. The van der Waals surface area contributed by atoms with Crippen molar-refractivity contribution in [2.45, 2.75) is 0 Å². The Morgan fingerprint density at radius 3 is 2.25 bits per heavy atom. The van der Waals surface area contributed by atoms with Crippen LogP contribution in [0.15, 0.2) is 41.6 Å². The van der Waals surface area contributed by atoms with Crippen molar-refractivity contribution in [3.05, 3.63) is 47.2 Å². The molecule has 0 saturated carbocycles. The Hall–Kier alpha value is -2.61. The first-order valence-electron chi connectivity index (χ1n) is 4.30. The van der Waals surface area contributed by atoms with Crippen LogP contribution in [0.4, 0.5) is 0 Å². The Labute approximate surface area is 91.4 Å². The number of hydrogen-bond donors (Lipinski definition) is 2. The lowest BCUT2D eigenvalue weighted by atomic mass is 10.0. The van der Waals surface area contributed by atoms with E-state index in [-0.39, 0.29) is 5.56 Å². The van der Waals surface area contributed by atoms with E-state index in [1.807, 2.05) is 0 Å². The summed E-state index contributed by atoms with van der Waals surface area (Å²) in [7, 11) is 0. The molecular weight excluding hydrogens is 208 g/mol. The molecule has 0 aliphatic carbocycles. The second kappa shape index (κ2) is 4.75. The summed E-state index contributed by atoms with van der Waals surface area (Å²) >= 11 is 0. The van der Waals surface area contributed by atoms with Crippen LogP contribution in [0.25, 0.3) is 0 Å². The molecule has 1 rings (SSSR count). The zero-order chi connectivity index (χ0) is 12.1. The molecule has 5 nitrogen and oxygen atoms in total. The molecule has 0 aliphatic heterocycles. The van der Waals surface area contributed by atoms with Gasteiger partial charge in [-0.1, -0.05) is 30.3 Å². The third-order valence-electron chi connectivity index (χ3n) is 1.87. The van der Waals surface area contributed by atoms with Gasteiger partial charge in [0.05, 0.1) is 0 Å². The third kappa shape index (κ3) is 2.25. The van der Waals surface area contributed by atoms with Gasteiger partial charge in [0.2, 0.25) is 5.78 Å². The molecule has 0 aliphatic rings. The molecule has 1 aromatic carbocycles. The molecule has 80 valence electrons. The van der Waals surface area contributed by atoms with Gasteiger partial charge in [0.25, 0.3) is 0 Å². The molecule has 0 amide bonds. The van der Waals surface area contributed by atoms with Crippen molar-refractivity contribution in [3.63, 3.8) is 0 Å². The lowest BCUT2D eigenvalue weighted by Crippen LogP contribution is -2.17. The number of benzene rings is 1. The van der Waals surface area contributed by atoms with E-state index in [1.165, 1.54) is 18.2 Å². The first-order chi connectivity index (χ1) is 7.57. The fourth-order valence-corrected chi connectivity index (χ4v) is 1.07. The van der Waals surface area contributed by atoms with Crippen LogP contribution >= 0.6 is 0 Å². The summed E-state index contributed by atoms with van der Waals surface area (Å²) in [6.45, 7) is 0.